The molecule has 0 atom stereocenters. The summed E-state index contributed by atoms with van der Waals surface area (Å²) in [6, 6.07) is 7.38. The van der Waals surface area contributed by atoms with Gasteiger partial charge >= 0.3 is 6.03 Å². The number of pyridine rings is 2. The molecule has 1 aliphatic rings. The van der Waals surface area contributed by atoms with E-state index >= 15 is 8.78 Å². The Balaban J connectivity index is 1.89. The molecule has 9 nitrogen and oxygen atoms in total. The van der Waals surface area contributed by atoms with Gasteiger partial charge in [-0.1, -0.05) is 6.07 Å². The molecular weight excluding hydrogens is 482 g/mol. The van der Waals surface area contributed by atoms with Gasteiger partial charge in [0.25, 0.3) is 0 Å². The molecule has 0 saturated heterocycles. The van der Waals surface area contributed by atoms with Crippen LogP contribution in [0.5, 0.6) is 11.5 Å². The van der Waals surface area contributed by atoms with Gasteiger partial charge in [0, 0.05) is 48.6 Å². The molecule has 3 heterocycles. The minimum absolute atomic E-state index is 0.0333. The van der Waals surface area contributed by atoms with Crippen molar-refractivity contribution in [2.75, 3.05) is 31.1 Å². The lowest BCUT2D eigenvalue weighted by atomic mass is 10.0. The molecule has 2 amide bonds. The number of halogens is 2. The Labute approximate surface area is 212 Å². The van der Waals surface area contributed by atoms with E-state index in [2.05, 4.69) is 15.3 Å². The Morgan fingerprint density at radius 3 is 2.43 bits per heavy atom. The molecule has 37 heavy (non-hydrogen) atoms. The van der Waals surface area contributed by atoms with Crippen LogP contribution in [-0.4, -0.2) is 43.0 Å². The number of nitrogens with one attached hydrogen (secondary N) is 2. The summed E-state index contributed by atoms with van der Waals surface area (Å²) in [5.74, 6) is -2.59. The molecule has 1 aromatic carbocycles. The molecule has 0 bridgehead atoms. The Morgan fingerprint density at radius 1 is 1.16 bits per heavy atom. The molecule has 2 N–H and O–H groups in total. The number of allylic oxidation sites excluding steroid dienone is 1. The van der Waals surface area contributed by atoms with Gasteiger partial charge in [-0.2, -0.15) is 0 Å². The molecule has 1 aliphatic heterocycles. The summed E-state index contributed by atoms with van der Waals surface area (Å²) in [6.07, 6.45) is 4.78. The average molecular weight is 509 g/mol. The van der Waals surface area contributed by atoms with E-state index in [1.165, 1.54) is 25.3 Å². The van der Waals surface area contributed by atoms with E-state index < -0.39 is 23.4 Å². The van der Waals surface area contributed by atoms with Gasteiger partial charge in [-0.15, -0.1) is 0 Å². The zero-order chi connectivity index (χ0) is 26.7. The summed E-state index contributed by atoms with van der Waals surface area (Å²) in [4.78, 5) is 25.0. The molecule has 3 aromatic rings. The number of nitrogens with zero attached hydrogens (tertiary/aromatic N) is 4. The third-order valence-electron chi connectivity index (χ3n) is 5.88. The van der Waals surface area contributed by atoms with Gasteiger partial charge in [-0.25, -0.2) is 13.6 Å². The fraction of sp³-hybridized carbons (Fsp3) is 0.231. The van der Waals surface area contributed by atoms with Crippen molar-refractivity contribution < 1.29 is 23.0 Å². The number of methoxy groups -OCH3 is 2. The van der Waals surface area contributed by atoms with Crippen molar-refractivity contribution >= 4 is 28.7 Å². The van der Waals surface area contributed by atoms with Crippen molar-refractivity contribution in [2.45, 2.75) is 20.0 Å². The van der Waals surface area contributed by atoms with Gasteiger partial charge in [0.15, 0.2) is 23.1 Å². The zero-order valence-corrected chi connectivity index (χ0v) is 20.8. The van der Waals surface area contributed by atoms with Crippen LogP contribution >= 0.6 is 0 Å². The van der Waals surface area contributed by atoms with E-state index in [1.807, 2.05) is 0 Å². The highest BCUT2D eigenvalue weighted by Gasteiger charge is 2.37. The van der Waals surface area contributed by atoms with Crippen LogP contribution in [0.2, 0.25) is 0 Å². The van der Waals surface area contributed by atoms with Gasteiger partial charge < -0.3 is 20.2 Å². The number of amides is 2. The highest BCUT2D eigenvalue weighted by molar-refractivity contribution is 6.20. The lowest BCUT2D eigenvalue weighted by Gasteiger charge is -2.37. The number of rotatable bonds is 8. The number of hydrogen-bond acceptors (Lipinski definition) is 7. The maximum atomic E-state index is 15.4. The predicted molar refractivity (Wildman–Crippen MR) is 136 cm³/mol. The summed E-state index contributed by atoms with van der Waals surface area (Å²) in [7, 11) is 4.20. The van der Waals surface area contributed by atoms with Gasteiger partial charge in [-0.05, 0) is 25.1 Å². The van der Waals surface area contributed by atoms with Crippen molar-refractivity contribution in [2.24, 2.45) is 0 Å². The van der Waals surface area contributed by atoms with Crippen LogP contribution in [-0.2, 0) is 13.1 Å². The Hall–Kier alpha value is -4.54. The van der Waals surface area contributed by atoms with Crippen LogP contribution < -0.4 is 24.6 Å². The van der Waals surface area contributed by atoms with Crippen LogP contribution in [0, 0.1) is 17.0 Å². The molecule has 0 unspecified atom stereocenters. The molecule has 0 fully saturated rings. The summed E-state index contributed by atoms with van der Waals surface area (Å²) in [5.41, 5.74) is 2.30. The molecule has 0 radical (unpaired) electrons. The number of carbonyl (C=O) groups excluding carboxylic acids is 1. The first-order valence-electron chi connectivity index (χ1n) is 11.3. The molecule has 192 valence electrons. The largest absolute Gasteiger partial charge is 0.493 e. The third-order valence-corrected chi connectivity index (χ3v) is 5.88. The molecule has 0 spiro atoms. The van der Waals surface area contributed by atoms with Crippen molar-refractivity contribution in [1.29, 1.82) is 5.41 Å². The van der Waals surface area contributed by atoms with Gasteiger partial charge in [0.2, 0.25) is 0 Å². The maximum absolute atomic E-state index is 15.4. The first-order chi connectivity index (χ1) is 17.8. The lowest BCUT2D eigenvalue weighted by molar-refractivity contribution is 0.249. The summed E-state index contributed by atoms with van der Waals surface area (Å²) in [5, 5.41) is 11.0. The molecule has 2 aromatic heterocycles. The number of aromatic nitrogens is 2. The second-order valence-corrected chi connectivity index (χ2v) is 8.20. The third kappa shape index (κ3) is 4.80. The quantitative estimate of drug-likeness (QED) is 0.434. The topological polar surface area (TPSA) is 104 Å². The number of benzene rings is 1. The summed E-state index contributed by atoms with van der Waals surface area (Å²) < 4.78 is 40.9. The van der Waals surface area contributed by atoms with Crippen LogP contribution in [0.1, 0.15) is 23.9 Å². The van der Waals surface area contributed by atoms with Crippen LogP contribution in [0.4, 0.5) is 25.0 Å². The van der Waals surface area contributed by atoms with Crippen LogP contribution in [0.15, 0.2) is 48.9 Å². The lowest BCUT2D eigenvalue weighted by Crippen LogP contribution is -2.48. The number of fused-ring (bicyclic) bond motifs is 1. The first kappa shape index (κ1) is 25.5. The minimum Gasteiger partial charge on any atom is -0.493 e. The molecule has 0 saturated carbocycles. The Bertz CT molecular complexity index is 1350. The molecular formula is C26H26F2N6O3. The predicted octanol–water partition coefficient (Wildman–Crippen LogP) is 4.52. The number of urea groups is 1. The Morgan fingerprint density at radius 2 is 1.86 bits per heavy atom. The van der Waals surface area contributed by atoms with Gasteiger partial charge in [0.1, 0.15) is 5.69 Å². The van der Waals surface area contributed by atoms with Gasteiger partial charge in [-0.3, -0.25) is 19.8 Å². The second kappa shape index (κ2) is 10.6. The van der Waals surface area contributed by atoms with Crippen molar-refractivity contribution in [3.63, 3.8) is 0 Å². The van der Waals surface area contributed by atoms with E-state index in [1.54, 1.807) is 50.6 Å². The smallest absolute Gasteiger partial charge is 0.329 e. The highest BCUT2D eigenvalue weighted by atomic mass is 19.1. The number of hydrogen-bond donors (Lipinski definition) is 2. The van der Waals surface area contributed by atoms with Crippen molar-refractivity contribution in [3.05, 3.63) is 77.5 Å². The monoisotopic (exact) mass is 508 g/mol. The van der Waals surface area contributed by atoms with Crippen LogP contribution in [0.3, 0.4) is 0 Å². The molecule has 11 heteroatoms. The van der Waals surface area contributed by atoms with E-state index in [0.717, 1.165) is 11.0 Å². The number of ether oxygens (including phenoxy) is 2. The second-order valence-electron chi connectivity index (χ2n) is 8.20. The van der Waals surface area contributed by atoms with Crippen molar-refractivity contribution in [1.82, 2.24) is 15.3 Å². The van der Waals surface area contributed by atoms with Gasteiger partial charge in [0.05, 0.1) is 44.4 Å². The van der Waals surface area contributed by atoms with Crippen molar-refractivity contribution in [3.8, 4) is 11.5 Å². The van der Waals surface area contributed by atoms with E-state index in [-0.39, 0.29) is 30.3 Å². The van der Waals surface area contributed by atoms with Crippen LogP contribution in [0.25, 0.3) is 5.57 Å². The molecule has 0 aliphatic carbocycles. The summed E-state index contributed by atoms with van der Waals surface area (Å²) in [6.45, 7) is 1.51. The fourth-order valence-corrected chi connectivity index (χ4v) is 4.09. The first-order valence-corrected chi connectivity index (χ1v) is 11.3. The van der Waals surface area contributed by atoms with E-state index in [0.29, 0.717) is 28.2 Å². The standard InChI is InChI=1S/C26H26F2N6O3/c1-15(29)18(12-30-2)19-9-20-16(11-32-19)13-34(26(35)33(20)14-17-7-5-6-8-31-17)25-23(27)21(36-3)10-22(37-4)24(25)28/h5-12,29-30H,13-14H2,1-4H3/b18-12+,29-15?. The summed E-state index contributed by atoms with van der Waals surface area (Å²) >= 11 is 0. The highest BCUT2D eigenvalue weighted by Crippen LogP contribution is 2.41. The van der Waals surface area contributed by atoms with E-state index in [9.17, 15) is 4.79 Å². The number of carbonyl (C=O) groups is 1. The zero-order valence-electron chi connectivity index (χ0n) is 20.8. The maximum Gasteiger partial charge on any atom is 0.329 e. The Kier molecular flexibility index (Phi) is 7.32. The average Bonchev–Trinajstić information content (AvgIpc) is 2.90. The molecule has 4 rings (SSSR count). The SMILES string of the molecule is CN/C=C(\C(C)=N)c1cc2c(cn1)CN(c1c(F)c(OC)cc(OC)c1F)C(=O)N2Cc1ccccn1. The normalized spacial score (nSPS) is 13.4. The minimum atomic E-state index is -1.03. The number of anilines is 2. The fourth-order valence-electron chi connectivity index (χ4n) is 4.09. The van der Waals surface area contributed by atoms with E-state index in [4.69, 9.17) is 14.9 Å².